The first-order valence-electron chi connectivity index (χ1n) is 8.75. The molecule has 3 rings (SSSR count). The average Bonchev–Trinajstić information content (AvgIpc) is 3.07. The normalized spacial score (nSPS) is 24.5. The molecule has 0 aromatic rings. The van der Waals surface area contributed by atoms with Gasteiger partial charge in [0.1, 0.15) is 5.04 Å². The molecule has 1 unspecified atom stereocenters. The molecule has 0 amide bonds. The number of amidine groups is 1. The number of likely N-dealkylation sites (tertiary alicyclic amines) is 1. The van der Waals surface area contributed by atoms with Gasteiger partial charge in [-0.15, -0.1) is 22.6 Å². The van der Waals surface area contributed by atoms with Crippen molar-refractivity contribution in [1.82, 2.24) is 10.2 Å². The maximum atomic E-state index is 11.6. The van der Waals surface area contributed by atoms with Crippen molar-refractivity contribution in [2.45, 2.75) is 38.2 Å². The highest BCUT2D eigenvalue weighted by molar-refractivity contribution is 8.39. The topological polar surface area (TPSA) is 104 Å². The van der Waals surface area contributed by atoms with E-state index in [1.54, 1.807) is 0 Å². The van der Waals surface area contributed by atoms with Crippen LogP contribution in [0.2, 0.25) is 0 Å². The fraction of sp³-hybridized carbons (Fsp3) is 0.750. The van der Waals surface area contributed by atoms with Crippen LogP contribution in [0.4, 0.5) is 0 Å². The number of halogens is 1. The van der Waals surface area contributed by atoms with Crippen LogP contribution < -0.4 is 5.32 Å². The standard InChI is InChI=1S/C16H24N4O4S.ClH/c21-11-25-15(12-1-6-17-7-2-12)18-19-16(25)20-8-3-13(4-9-20)24-10-5-14(22)23;/h12-13,17H,1-10H2,(H,22,23);1H. The van der Waals surface area contributed by atoms with E-state index in [1.807, 2.05) is 0 Å². The van der Waals surface area contributed by atoms with Crippen molar-refractivity contribution in [1.29, 1.82) is 0 Å². The van der Waals surface area contributed by atoms with Crippen molar-refractivity contribution in [3.8, 4) is 0 Å². The maximum Gasteiger partial charge on any atom is 0.305 e. The summed E-state index contributed by atoms with van der Waals surface area (Å²) in [6, 6.07) is 0. The first-order chi connectivity index (χ1) is 12.2. The molecule has 0 bridgehead atoms. The predicted octanol–water partition coefficient (Wildman–Crippen LogP) is 1.38. The van der Waals surface area contributed by atoms with Gasteiger partial charge >= 0.3 is 5.97 Å². The van der Waals surface area contributed by atoms with Crippen molar-refractivity contribution >= 4 is 44.3 Å². The lowest BCUT2D eigenvalue weighted by molar-refractivity contribution is -0.138. The summed E-state index contributed by atoms with van der Waals surface area (Å²) in [7, 11) is -0.754. The molecule has 0 aromatic heterocycles. The number of hydrogen-bond donors (Lipinski definition) is 2. The second-order valence-corrected chi connectivity index (χ2v) is 8.00. The van der Waals surface area contributed by atoms with E-state index in [9.17, 15) is 9.59 Å². The Morgan fingerprint density at radius 3 is 2.58 bits per heavy atom. The fourth-order valence-electron chi connectivity index (χ4n) is 3.38. The molecule has 3 aliphatic rings. The van der Waals surface area contributed by atoms with Crippen LogP contribution in [-0.2, 0) is 14.3 Å². The Hall–Kier alpha value is -1.25. The number of hydrogen-bond acceptors (Lipinski definition) is 7. The highest BCUT2D eigenvalue weighted by atomic mass is 35.5. The SMILES string of the molecule is Cl.O=C=S1C(C2CCNCC2)=NN=C1N1CCC(OCCC(=O)O)CC1. The van der Waals surface area contributed by atoms with Crippen molar-refractivity contribution in [3.05, 3.63) is 0 Å². The summed E-state index contributed by atoms with van der Waals surface area (Å²) < 4.78 is 5.62. The summed E-state index contributed by atoms with van der Waals surface area (Å²) in [5.41, 5.74) is 0. The van der Waals surface area contributed by atoms with Gasteiger partial charge in [-0.1, -0.05) is 0 Å². The summed E-state index contributed by atoms with van der Waals surface area (Å²) in [6.45, 7) is 3.65. The fourth-order valence-corrected chi connectivity index (χ4v) is 4.99. The highest BCUT2D eigenvalue weighted by Crippen LogP contribution is 2.34. The zero-order chi connectivity index (χ0) is 17.6. The average molecular weight is 405 g/mol. The molecule has 3 aliphatic heterocycles. The van der Waals surface area contributed by atoms with Gasteiger partial charge in [0.05, 0.1) is 19.1 Å². The smallest absolute Gasteiger partial charge is 0.305 e. The third-order valence-corrected chi connectivity index (χ3v) is 6.48. The molecule has 0 aliphatic carbocycles. The number of rotatable bonds is 5. The number of carbonyl (C=O) groups excluding carboxylic acids is 1. The number of aliphatic carboxylic acids is 1. The lowest BCUT2D eigenvalue weighted by Gasteiger charge is -2.33. The third-order valence-electron chi connectivity index (χ3n) is 4.78. The van der Waals surface area contributed by atoms with Crippen molar-refractivity contribution in [2.24, 2.45) is 16.1 Å². The van der Waals surface area contributed by atoms with Gasteiger partial charge < -0.3 is 20.1 Å². The molecule has 26 heavy (non-hydrogen) atoms. The van der Waals surface area contributed by atoms with E-state index in [0.29, 0.717) is 5.92 Å². The Kier molecular flexibility index (Phi) is 8.24. The van der Waals surface area contributed by atoms with Gasteiger partial charge in [-0.3, -0.25) is 4.79 Å². The lowest BCUT2D eigenvalue weighted by atomic mass is 10.00. The minimum absolute atomic E-state index is 0. The van der Waals surface area contributed by atoms with Gasteiger partial charge in [0.2, 0.25) is 0 Å². The molecule has 10 heteroatoms. The zero-order valence-electron chi connectivity index (χ0n) is 14.6. The molecule has 2 N–H and O–H groups in total. The Balaban J connectivity index is 0.00000243. The van der Waals surface area contributed by atoms with Crippen LogP contribution in [0, 0.1) is 5.92 Å². The molecule has 2 fully saturated rings. The molecule has 0 saturated carbocycles. The number of nitrogens with zero attached hydrogens (tertiary/aromatic N) is 3. The number of carbonyl (C=O) groups is 1. The summed E-state index contributed by atoms with van der Waals surface area (Å²) in [4.78, 5) is 24.2. The van der Waals surface area contributed by atoms with Crippen LogP contribution in [0.3, 0.4) is 0 Å². The van der Waals surface area contributed by atoms with Crippen LogP contribution in [-0.4, -0.2) is 70.3 Å². The second-order valence-electron chi connectivity index (χ2n) is 6.44. The highest BCUT2D eigenvalue weighted by Gasteiger charge is 2.33. The first kappa shape index (κ1) is 21.1. The largest absolute Gasteiger partial charge is 0.481 e. The molecule has 8 nitrogen and oxygen atoms in total. The molecular formula is C16H25ClN4O4S. The zero-order valence-corrected chi connectivity index (χ0v) is 16.2. The molecule has 3 heterocycles. The van der Waals surface area contributed by atoms with Crippen LogP contribution in [0.5, 0.6) is 0 Å². The van der Waals surface area contributed by atoms with E-state index in [-0.39, 0.29) is 31.5 Å². The van der Waals surface area contributed by atoms with Crippen molar-refractivity contribution in [3.63, 3.8) is 0 Å². The number of carboxylic acid groups (broad SMARTS) is 1. The molecular weight excluding hydrogens is 380 g/mol. The van der Waals surface area contributed by atoms with Crippen molar-refractivity contribution in [2.75, 3.05) is 32.8 Å². The van der Waals surface area contributed by atoms with Crippen molar-refractivity contribution < 1.29 is 19.4 Å². The number of ether oxygens (including phenoxy) is 1. The second kappa shape index (κ2) is 10.2. The van der Waals surface area contributed by atoms with Crippen LogP contribution in [0.1, 0.15) is 32.1 Å². The van der Waals surface area contributed by atoms with E-state index in [2.05, 4.69) is 25.7 Å². The lowest BCUT2D eigenvalue weighted by Crippen LogP contribution is -2.40. The van der Waals surface area contributed by atoms with E-state index in [1.165, 1.54) is 0 Å². The van der Waals surface area contributed by atoms with Gasteiger partial charge in [0.25, 0.3) is 0 Å². The Labute approximate surface area is 161 Å². The minimum atomic E-state index is -0.842. The van der Waals surface area contributed by atoms with E-state index in [4.69, 9.17) is 9.84 Å². The number of nitrogens with one attached hydrogen (secondary N) is 1. The van der Waals surface area contributed by atoms with Gasteiger partial charge in [0, 0.05) is 29.5 Å². The van der Waals surface area contributed by atoms with Crippen LogP contribution in [0.15, 0.2) is 10.2 Å². The molecule has 146 valence electrons. The van der Waals surface area contributed by atoms with Crippen LogP contribution in [0.25, 0.3) is 0 Å². The Morgan fingerprint density at radius 2 is 1.96 bits per heavy atom. The summed E-state index contributed by atoms with van der Waals surface area (Å²) in [6.07, 6.45) is 3.70. The van der Waals surface area contributed by atoms with E-state index < -0.39 is 16.5 Å². The molecule has 0 radical (unpaired) electrons. The number of carboxylic acids is 1. The quantitative estimate of drug-likeness (QED) is 0.671. The Morgan fingerprint density at radius 1 is 1.27 bits per heavy atom. The first-order valence-corrected chi connectivity index (χ1v) is 9.98. The number of piperidine rings is 2. The van der Waals surface area contributed by atoms with Gasteiger partial charge in [-0.25, -0.2) is 4.79 Å². The summed E-state index contributed by atoms with van der Waals surface area (Å²) >= 11 is 0. The summed E-state index contributed by atoms with van der Waals surface area (Å²) in [5.74, 6) is -0.518. The van der Waals surface area contributed by atoms with Crippen LogP contribution >= 0.6 is 22.9 Å². The van der Waals surface area contributed by atoms with E-state index in [0.717, 1.165) is 62.1 Å². The monoisotopic (exact) mass is 404 g/mol. The summed E-state index contributed by atoms with van der Waals surface area (Å²) in [5, 5.41) is 24.5. The third kappa shape index (κ3) is 5.14. The van der Waals surface area contributed by atoms with E-state index >= 15 is 0 Å². The molecule has 2 saturated heterocycles. The van der Waals surface area contributed by atoms with Gasteiger partial charge in [-0.05, 0) is 38.8 Å². The van der Waals surface area contributed by atoms with Gasteiger partial charge in [-0.2, -0.15) is 0 Å². The molecule has 0 spiro atoms. The minimum Gasteiger partial charge on any atom is -0.481 e. The maximum absolute atomic E-state index is 11.6. The molecule has 1 atom stereocenters. The predicted molar refractivity (Wildman–Crippen MR) is 104 cm³/mol. The molecule has 0 aromatic carbocycles. The Bertz CT molecular complexity index is 622. The van der Waals surface area contributed by atoms with Gasteiger partial charge in [0.15, 0.2) is 10.4 Å².